The summed E-state index contributed by atoms with van der Waals surface area (Å²) in [7, 11) is -6.13. The van der Waals surface area contributed by atoms with Gasteiger partial charge >= 0.3 is 31.4 Å². The lowest BCUT2D eigenvalue weighted by Gasteiger charge is -2.42. The Morgan fingerprint density at radius 3 is 1.13 bits per heavy atom. The molecule has 2 aromatic rings. The van der Waals surface area contributed by atoms with Crippen LogP contribution in [0.1, 0.15) is 90.9 Å². The first kappa shape index (κ1) is 31.4. The Balaban J connectivity index is 1.80. The first-order valence-electron chi connectivity index (χ1n) is 15.3. The zero-order valence-corrected chi connectivity index (χ0v) is 26.5. The number of benzene rings is 2. The topological polar surface area (TPSA) is 36.9 Å². The van der Waals surface area contributed by atoms with Crippen molar-refractivity contribution in [2.24, 2.45) is 0 Å². The molecule has 1 saturated heterocycles. The molecule has 0 aromatic heterocycles. The molecule has 1 aliphatic heterocycles. The Labute approximate surface area is 236 Å². The minimum Gasteiger partial charge on any atom is -0.430 e. The summed E-state index contributed by atoms with van der Waals surface area (Å²) in [5.74, 6) is 0. The zero-order valence-electron chi connectivity index (χ0n) is 24.5. The van der Waals surface area contributed by atoms with Crippen molar-refractivity contribution in [3.63, 3.8) is 0 Å². The van der Waals surface area contributed by atoms with E-state index in [0.717, 1.165) is 35.9 Å². The minimum absolute atomic E-state index is 0.443. The van der Waals surface area contributed by atoms with Gasteiger partial charge in [0, 0.05) is 0 Å². The standard InChI is InChI=1S/C30H50B2O4Si2/c1-5-7-9-11-13-21-27-37(3)33-31(29-23-17-15-18-24-29)35-38(4,28-22-14-12-10-8-6-2)36-32(34-37)30-25-19-16-20-26-30/h15-20,23-26H,5-14,21-22,27-28H2,1-4H3. The summed E-state index contributed by atoms with van der Waals surface area (Å²) in [4.78, 5) is 0. The molecule has 1 aliphatic rings. The summed E-state index contributed by atoms with van der Waals surface area (Å²) in [6.07, 6.45) is 15.0. The second-order valence-electron chi connectivity index (χ2n) is 11.3. The number of rotatable bonds is 16. The van der Waals surface area contributed by atoms with Crippen LogP contribution in [0.4, 0.5) is 0 Å². The summed E-state index contributed by atoms with van der Waals surface area (Å²) >= 11 is 0. The largest absolute Gasteiger partial charge is 0.475 e. The maximum Gasteiger partial charge on any atom is 0.475 e. The molecule has 1 fully saturated rings. The molecule has 2 aromatic carbocycles. The highest BCUT2D eigenvalue weighted by Crippen LogP contribution is 2.29. The third kappa shape index (κ3) is 10.8. The highest BCUT2D eigenvalue weighted by molar-refractivity contribution is 6.90. The Morgan fingerprint density at radius 1 is 0.474 bits per heavy atom. The Bertz CT molecular complexity index is 805. The number of hydrogen-bond donors (Lipinski definition) is 0. The van der Waals surface area contributed by atoms with Gasteiger partial charge in [0.1, 0.15) is 0 Å². The van der Waals surface area contributed by atoms with E-state index in [-0.39, 0.29) is 0 Å². The van der Waals surface area contributed by atoms with Gasteiger partial charge in [0.15, 0.2) is 0 Å². The van der Waals surface area contributed by atoms with Crippen molar-refractivity contribution >= 4 is 42.3 Å². The quantitative estimate of drug-likeness (QED) is 0.158. The van der Waals surface area contributed by atoms with E-state index >= 15 is 0 Å². The van der Waals surface area contributed by atoms with Gasteiger partial charge in [-0.25, -0.2) is 0 Å². The van der Waals surface area contributed by atoms with Crippen LogP contribution in [-0.4, -0.2) is 31.4 Å². The van der Waals surface area contributed by atoms with Crippen molar-refractivity contribution in [2.75, 3.05) is 0 Å². The van der Waals surface area contributed by atoms with Gasteiger partial charge in [-0.1, -0.05) is 152 Å². The van der Waals surface area contributed by atoms with Gasteiger partial charge in [-0.05, 0) is 36.1 Å². The van der Waals surface area contributed by atoms with Gasteiger partial charge in [-0.15, -0.1) is 0 Å². The van der Waals surface area contributed by atoms with Gasteiger partial charge in [0.2, 0.25) is 0 Å². The van der Waals surface area contributed by atoms with Crippen LogP contribution in [0.15, 0.2) is 60.7 Å². The van der Waals surface area contributed by atoms with E-state index in [1.807, 2.05) is 12.1 Å². The number of hydrogen-bond acceptors (Lipinski definition) is 4. The van der Waals surface area contributed by atoms with Crippen LogP contribution in [0.5, 0.6) is 0 Å². The van der Waals surface area contributed by atoms with E-state index in [4.69, 9.17) is 17.4 Å². The zero-order chi connectivity index (χ0) is 27.1. The minimum atomic E-state index is -2.62. The fourth-order valence-electron chi connectivity index (χ4n) is 5.19. The molecule has 8 heteroatoms. The van der Waals surface area contributed by atoms with Crippen molar-refractivity contribution in [1.29, 1.82) is 0 Å². The molecule has 0 saturated carbocycles. The van der Waals surface area contributed by atoms with Crippen molar-refractivity contribution in [2.45, 2.75) is 116 Å². The molecular weight excluding hydrogens is 502 g/mol. The smallest absolute Gasteiger partial charge is 0.430 e. The fourth-order valence-corrected chi connectivity index (χ4v) is 10.3. The third-order valence-electron chi connectivity index (χ3n) is 7.54. The Hall–Kier alpha value is -1.16. The normalized spacial score (nSPS) is 22.3. The predicted molar refractivity (Wildman–Crippen MR) is 168 cm³/mol. The van der Waals surface area contributed by atoms with E-state index in [1.54, 1.807) is 0 Å². The van der Waals surface area contributed by atoms with Crippen LogP contribution in [0.3, 0.4) is 0 Å². The Morgan fingerprint density at radius 2 is 0.789 bits per heavy atom. The first-order valence-corrected chi connectivity index (χ1v) is 20.3. The molecule has 208 valence electrons. The molecule has 0 unspecified atom stereocenters. The molecule has 0 aliphatic carbocycles. The summed E-state index contributed by atoms with van der Waals surface area (Å²) < 4.78 is 27.8. The summed E-state index contributed by atoms with van der Waals surface area (Å²) in [5.41, 5.74) is 2.11. The van der Waals surface area contributed by atoms with Crippen LogP contribution >= 0.6 is 0 Å². The highest BCUT2D eigenvalue weighted by Gasteiger charge is 2.50. The van der Waals surface area contributed by atoms with Crippen molar-refractivity contribution in [1.82, 2.24) is 0 Å². The molecule has 1 heterocycles. The van der Waals surface area contributed by atoms with Crippen LogP contribution in [-0.2, 0) is 17.4 Å². The van der Waals surface area contributed by atoms with E-state index in [0.29, 0.717) is 0 Å². The molecule has 0 atom stereocenters. The predicted octanol–water partition coefficient (Wildman–Crippen LogP) is 7.72. The average molecular weight is 553 g/mol. The van der Waals surface area contributed by atoms with Crippen LogP contribution in [0.2, 0.25) is 25.2 Å². The van der Waals surface area contributed by atoms with Crippen molar-refractivity contribution in [3.8, 4) is 0 Å². The van der Waals surface area contributed by atoms with Crippen molar-refractivity contribution in [3.05, 3.63) is 60.7 Å². The molecule has 38 heavy (non-hydrogen) atoms. The number of unbranched alkanes of at least 4 members (excludes halogenated alkanes) is 10. The van der Waals surface area contributed by atoms with Crippen LogP contribution in [0, 0.1) is 0 Å². The molecule has 0 N–H and O–H groups in total. The summed E-state index contributed by atoms with van der Waals surface area (Å²) in [6, 6.07) is 22.7. The van der Waals surface area contributed by atoms with Gasteiger partial charge in [0.05, 0.1) is 0 Å². The summed E-state index contributed by atoms with van der Waals surface area (Å²) in [5, 5.41) is 0. The monoisotopic (exact) mass is 552 g/mol. The molecule has 3 rings (SSSR count). The molecular formula is C30H50B2O4Si2. The lowest BCUT2D eigenvalue weighted by Crippen LogP contribution is -2.64. The van der Waals surface area contributed by atoms with E-state index in [9.17, 15) is 0 Å². The molecule has 0 radical (unpaired) electrons. The van der Waals surface area contributed by atoms with E-state index < -0.39 is 31.4 Å². The maximum atomic E-state index is 6.95. The van der Waals surface area contributed by atoms with Gasteiger partial charge in [-0.3, -0.25) is 0 Å². The van der Waals surface area contributed by atoms with Gasteiger partial charge in [0.25, 0.3) is 0 Å². The molecule has 0 spiro atoms. The van der Waals surface area contributed by atoms with E-state index in [1.165, 1.54) is 64.2 Å². The Kier molecular flexibility index (Phi) is 13.9. The van der Waals surface area contributed by atoms with Crippen LogP contribution in [0.25, 0.3) is 0 Å². The van der Waals surface area contributed by atoms with Crippen molar-refractivity contribution < 1.29 is 17.4 Å². The molecule has 0 bridgehead atoms. The van der Waals surface area contributed by atoms with E-state index in [2.05, 4.69) is 75.5 Å². The lowest BCUT2D eigenvalue weighted by molar-refractivity contribution is 0.261. The van der Waals surface area contributed by atoms with Crippen LogP contribution < -0.4 is 10.9 Å². The van der Waals surface area contributed by atoms with Gasteiger partial charge in [-0.2, -0.15) is 0 Å². The maximum absolute atomic E-state index is 6.95. The summed E-state index contributed by atoms with van der Waals surface area (Å²) in [6.45, 7) is 8.94. The second-order valence-corrected chi connectivity index (χ2v) is 17.7. The lowest BCUT2D eigenvalue weighted by atomic mass is 9.80. The molecule has 4 nitrogen and oxygen atoms in total. The fraction of sp³-hybridized carbons (Fsp3) is 0.600. The van der Waals surface area contributed by atoms with Gasteiger partial charge < -0.3 is 17.4 Å². The SMILES string of the molecule is CCCCCCCC[Si]1(C)OB(c2ccccc2)O[Si](C)(CCCCCCCC)OB(c2ccccc2)O1. The molecule has 0 amide bonds. The third-order valence-corrected chi connectivity index (χ3v) is 12.9. The first-order chi connectivity index (χ1) is 18.5. The highest BCUT2D eigenvalue weighted by atomic mass is 28.4. The second kappa shape index (κ2) is 16.8. The average Bonchev–Trinajstić information content (AvgIpc) is 2.92.